The van der Waals surface area contributed by atoms with Crippen molar-refractivity contribution in [2.75, 3.05) is 0 Å². The van der Waals surface area contributed by atoms with Gasteiger partial charge in [0.1, 0.15) is 0 Å². The van der Waals surface area contributed by atoms with Crippen molar-refractivity contribution in [3.8, 4) is 44.8 Å². The number of halogens is 3. The number of para-hydroxylation sites is 2. The minimum absolute atomic E-state index is 0.384. The molecule has 0 saturated carbocycles. The Hall–Kier alpha value is -7.36. The summed E-state index contributed by atoms with van der Waals surface area (Å²) < 4.78 is 48.4. The van der Waals surface area contributed by atoms with Gasteiger partial charge in [-0.2, -0.15) is 13.2 Å². The van der Waals surface area contributed by atoms with E-state index in [1.54, 1.807) is 24.3 Å². The van der Waals surface area contributed by atoms with E-state index in [0.717, 1.165) is 65.9 Å². The highest BCUT2D eigenvalue weighted by atomic mass is 19.4. The first kappa shape index (κ1) is 35.1. The monoisotopic (exact) mass is 757 g/mol. The molecule has 2 heterocycles. The molecule has 10 aromatic rings. The lowest BCUT2D eigenvalue weighted by molar-refractivity contribution is -0.137. The maximum Gasteiger partial charge on any atom is 0.416 e. The van der Waals surface area contributed by atoms with E-state index in [0.29, 0.717) is 28.2 Å². The van der Waals surface area contributed by atoms with Crippen LogP contribution < -0.4 is 0 Å². The molecule has 0 fully saturated rings. The molecule has 8 aromatic carbocycles. The highest BCUT2D eigenvalue weighted by Crippen LogP contribution is 2.45. The van der Waals surface area contributed by atoms with Crippen LogP contribution in [0.4, 0.5) is 18.9 Å². The van der Waals surface area contributed by atoms with Gasteiger partial charge in [0.2, 0.25) is 0 Å². The summed E-state index contributed by atoms with van der Waals surface area (Å²) in [5, 5.41) is 3.99. The zero-order valence-electron chi connectivity index (χ0n) is 31.6. The van der Waals surface area contributed by atoms with E-state index in [-0.39, 0.29) is 0 Å². The summed E-state index contributed by atoms with van der Waals surface area (Å²) >= 11 is 0. The number of hydrogen-bond donors (Lipinski definition) is 0. The molecule has 0 unspecified atom stereocenters. The van der Waals surface area contributed by atoms with Gasteiger partial charge in [-0.05, 0) is 96.8 Å². The number of nitrogens with zero attached hydrogens (tertiary/aromatic N) is 3. The Morgan fingerprint density at radius 1 is 0.431 bits per heavy atom. The van der Waals surface area contributed by atoms with Crippen LogP contribution in [0, 0.1) is 20.4 Å². The second kappa shape index (κ2) is 13.4. The highest BCUT2D eigenvalue weighted by molar-refractivity contribution is 6.13. The van der Waals surface area contributed by atoms with Crippen LogP contribution in [0.15, 0.2) is 170 Å². The van der Waals surface area contributed by atoms with Crippen LogP contribution >= 0.6 is 0 Å². The summed E-state index contributed by atoms with van der Waals surface area (Å²) in [4.78, 5) is 3.80. The van der Waals surface area contributed by atoms with E-state index in [1.807, 2.05) is 36.4 Å². The lowest BCUT2D eigenvalue weighted by Gasteiger charge is -2.20. The molecule has 0 spiro atoms. The van der Waals surface area contributed by atoms with Crippen molar-refractivity contribution in [2.24, 2.45) is 0 Å². The van der Waals surface area contributed by atoms with Crippen LogP contribution in [0.5, 0.6) is 0 Å². The van der Waals surface area contributed by atoms with Gasteiger partial charge in [-0.3, -0.25) is 0 Å². The smallest absolute Gasteiger partial charge is 0.310 e. The average molecular weight is 758 g/mol. The van der Waals surface area contributed by atoms with Crippen LogP contribution in [0.3, 0.4) is 0 Å². The lowest BCUT2D eigenvalue weighted by Crippen LogP contribution is -2.08. The maximum absolute atomic E-state index is 14.8. The van der Waals surface area contributed by atoms with Gasteiger partial charge in [-0.25, -0.2) is 4.85 Å². The van der Waals surface area contributed by atoms with E-state index >= 15 is 0 Å². The van der Waals surface area contributed by atoms with Crippen LogP contribution in [0.1, 0.15) is 16.7 Å². The second-order valence-electron chi connectivity index (χ2n) is 14.9. The number of aromatic nitrogens is 2. The van der Waals surface area contributed by atoms with E-state index in [1.165, 1.54) is 23.3 Å². The van der Waals surface area contributed by atoms with Crippen LogP contribution in [0.2, 0.25) is 0 Å². The van der Waals surface area contributed by atoms with Gasteiger partial charge >= 0.3 is 6.18 Å². The summed E-state index contributed by atoms with van der Waals surface area (Å²) in [6.07, 6.45) is -4.59. The van der Waals surface area contributed by atoms with E-state index in [2.05, 4.69) is 125 Å². The molecule has 0 atom stereocenters. The molecule has 0 bridgehead atoms. The summed E-state index contributed by atoms with van der Waals surface area (Å²) in [7, 11) is 0. The fourth-order valence-corrected chi connectivity index (χ4v) is 8.44. The standard InChI is InChI=1S/C52H34F3N3/c1-32-12-16-34(17-13-32)36-20-25-48-43(28-36)40-8-4-6-10-46(40)57(48)50-27-22-38(52(53,54)55)30-45(50)42-24-23-39(56-3)31-51(42)58-47-11-7-5-9-41(47)44-29-37(21-26-49(44)58)35-18-14-33(2)15-19-35/h4-31H,1-2H3. The Kier molecular flexibility index (Phi) is 8.10. The molecule has 0 radical (unpaired) electrons. The summed E-state index contributed by atoms with van der Waals surface area (Å²) in [5.41, 5.74) is 12.0. The van der Waals surface area contributed by atoms with E-state index < -0.39 is 11.7 Å². The summed E-state index contributed by atoms with van der Waals surface area (Å²) in [6.45, 7) is 12.1. The SMILES string of the molecule is [C-]#[N+]c1ccc(-c2cc(C(F)(F)F)ccc2-n2c3ccccc3c3cc(-c4ccc(C)cc4)ccc32)c(-n2c3ccccc3c3cc(-c4ccc(C)cc4)ccc32)c1. The molecule has 6 heteroatoms. The Bertz CT molecular complexity index is 3290. The van der Waals surface area contributed by atoms with Crippen molar-refractivity contribution in [1.82, 2.24) is 9.13 Å². The zero-order chi connectivity index (χ0) is 39.7. The molecular formula is C52H34F3N3. The van der Waals surface area contributed by atoms with Gasteiger partial charge in [0, 0.05) is 38.4 Å². The molecule has 0 aliphatic carbocycles. The van der Waals surface area contributed by atoms with E-state index in [4.69, 9.17) is 6.57 Å². The predicted octanol–water partition coefficient (Wildman–Crippen LogP) is 15.1. The third-order valence-electron chi connectivity index (χ3n) is 11.3. The molecule has 278 valence electrons. The topological polar surface area (TPSA) is 14.2 Å². The molecule has 0 aliphatic rings. The van der Waals surface area contributed by atoms with Crippen molar-refractivity contribution >= 4 is 49.3 Å². The Morgan fingerprint density at radius 2 is 0.914 bits per heavy atom. The third-order valence-corrected chi connectivity index (χ3v) is 11.3. The molecule has 0 aliphatic heterocycles. The first-order chi connectivity index (χ1) is 28.2. The number of aryl methyl sites for hydroxylation is 2. The molecule has 10 rings (SSSR count). The Labute approximate surface area is 333 Å². The maximum atomic E-state index is 14.8. The molecule has 0 saturated heterocycles. The summed E-state index contributed by atoms with van der Waals surface area (Å²) in [6, 6.07) is 54.9. The van der Waals surface area contributed by atoms with E-state index in [9.17, 15) is 13.2 Å². The quantitative estimate of drug-likeness (QED) is 0.155. The second-order valence-corrected chi connectivity index (χ2v) is 14.9. The summed E-state index contributed by atoms with van der Waals surface area (Å²) in [5.74, 6) is 0. The predicted molar refractivity (Wildman–Crippen MR) is 232 cm³/mol. The minimum atomic E-state index is -4.59. The molecule has 58 heavy (non-hydrogen) atoms. The van der Waals surface area contributed by atoms with Crippen molar-refractivity contribution in [2.45, 2.75) is 20.0 Å². The van der Waals surface area contributed by atoms with Gasteiger partial charge in [0.05, 0.1) is 39.9 Å². The zero-order valence-corrected chi connectivity index (χ0v) is 31.6. The molecule has 2 aromatic heterocycles. The first-order valence-corrected chi connectivity index (χ1v) is 19.1. The number of hydrogen-bond acceptors (Lipinski definition) is 0. The van der Waals surface area contributed by atoms with Gasteiger partial charge in [0.15, 0.2) is 5.69 Å². The van der Waals surface area contributed by atoms with Crippen LogP contribution in [0.25, 0.3) is 93.2 Å². The molecule has 0 amide bonds. The van der Waals surface area contributed by atoms with Gasteiger partial charge in [0.25, 0.3) is 0 Å². The lowest BCUT2D eigenvalue weighted by atomic mass is 9.97. The van der Waals surface area contributed by atoms with Gasteiger partial charge in [-0.15, -0.1) is 0 Å². The van der Waals surface area contributed by atoms with Crippen molar-refractivity contribution < 1.29 is 13.2 Å². The first-order valence-electron chi connectivity index (χ1n) is 19.1. The molecule has 3 nitrogen and oxygen atoms in total. The number of fused-ring (bicyclic) bond motifs is 6. The van der Waals surface area contributed by atoms with Gasteiger partial charge in [-0.1, -0.05) is 120 Å². The number of benzene rings is 8. The number of alkyl halides is 3. The Morgan fingerprint density at radius 3 is 1.43 bits per heavy atom. The Balaban J connectivity index is 1.26. The number of rotatable bonds is 5. The van der Waals surface area contributed by atoms with Crippen LogP contribution in [-0.4, -0.2) is 9.13 Å². The largest absolute Gasteiger partial charge is 0.416 e. The van der Waals surface area contributed by atoms with Crippen molar-refractivity contribution in [3.05, 3.63) is 198 Å². The molecular weight excluding hydrogens is 724 g/mol. The van der Waals surface area contributed by atoms with Crippen LogP contribution in [-0.2, 0) is 6.18 Å². The van der Waals surface area contributed by atoms with Gasteiger partial charge < -0.3 is 9.13 Å². The fourth-order valence-electron chi connectivity index (χ4n) is 8.44. The third kappa shape index (κ3) is 5.74. The van der Waals surface area contributed by atoms with Crippen molar-refractivity contribution in [1.29, 1.82) is 0 Å². The minimum Gasteiger partial charge on any atom is -0.310 e. The fraction of sp³-hybridized carbons (Fsp3) is 0.0577. The van der Waals surface area contributed by atoms with Crippen molar-refractivity contribution in [3.63, 3.8) is 0 Å². The highest BCUT2D eigenvalue weighted by Gasteiger charge is 2.32. The molecule has 0 N–H and O–H groups in total. The average Bonchev–Trinajstić information content (AvgIpc) is 3.75. The normalized spacial score (nSPS) is 11.9.